The van der Waals surface area contributed by atoms with Crippen molar-refractivity contribution >= 4 is 27.5 Å². The lowest BCUT2D eigenvalue weighted by Crippen LogP contribution is -2.55. The number of aromatic nitrogens is 1. The Balaban J connectivity index is 1.81. The first-order valence-corrected chi connectivity index (χ1v) is 8.82. The molecule has 0 saturated carbocycles. The monoisotopic (exact) mass is 332 g/mol. The van der Waals surface area contributed by atoms with Gasteiger partial charge in [0.25, 0.3) is 0 Å². The van der Waals surface area contributed by atoms with Crippen molar-refractivity contribution < 1.29 is 4.79 Å². The molecule has 1 aliphatic rings. The molecule has 5 nitrogen and oxygen atoms in total. The summed E-state index contributed by atoms with van der Waals surface area (Å²) >= 11 is 1.57. The van der Waals surface area contributed by atoms with Crippen molar-refractivity contribution in [1.82, 2.24) is 14.8 Å². The van der Waals surface area contributed by atoms with Crippen molar-refractivity contribution in [3.63, 3.8) is 0 Å². The molecule has 0 bridgehead atoms. The molecule has 124 valence electrons. The second-order valence-electron chi connectivity index (χ2n) is 7.02. The zero-order valence-electron chi connectivity index (χ0n) is 14.0. The van der Waals surface area contributed by atoms with Gasteiger partial charge in [0, 0.05) is 31.7 Å². The smallest absolute Gasteiger partial charge is 0.241 e. The first-order chi connectivity index (χ1) is 10.9. The van der Waals surface area contributed by atoms with E-state index in [0.29, 0.717) is 0 Å². The number of benzene rings is 1. The summed E-state index contributed by atoms with van der Waals surface area (Å²) in [5.41, 5.74) is 6.81. The predicted octanol–water partition coefficient (Wildman–Crippen LogP) is 2.24. The van der Waals surface area contributed by atoms with Gasteiger partial charge in [0.05, 0.1) is 10.2 Å². The van der Waals surface area contributed by atoms with Crippen molar-refractivity contribution in [1.29, 1.82) is 0 Å². The number of nitrogens with two attached hydrogens (primary N) is 1. The second kappa shape index (κ2) is 6.19. The molecule has 1 unspecified atom stereocenters. The Labute approximate surface area is 141 Å². The Morgan fingerprint density at radius 1 is 1.22 bits per heavy atom. The molecule has 1 fully saturated rings. The third kappa shape index (κ3) is 3.39. The van der Waals surface area contributed by atoms with Crippen LogP contribution >= 0.6 is 11.3 Å². The van der Waals surface area contributed by atoms with E-state index in [-0.39, 0.29) is 11.4 Å². The molecule has 23 heavy (non-hydrogen) atoms. The van der Waals surface area contributed by atoms with Crippen molar-refractivity contribution in [3.05, 3.63) is 29.3 Å². The number of primary amides is 1. The molecule has 0 radical (unpaired) electrons. The van der Waals surface area contributed by atoms with Crippen LogP contribution in [0.5, 0.6) is 0 Å². The first-order valence-electron chi connectivity index (χ1n) is 8.00. The van der Waals surface area contributed by atoms with E-state index in [1.807, 2.05) is 24.3 Å². The zero-order chi connectivity index (χ0) is 16.6. The average Bonchev–Trinajstić information content (AvgIpc) is 2.89. The fraction of sp³-hybridized carbons (Fsp3) is 0.529. The van der Waals surface area contributed by atoms with E-state index >= 15 is 0 Å². The molecule has 1 amide bonds. The normalized spacial score (nSPS) is 19.1. The maximum atomic E-state index is 12.1. The van der Waals surface area contributed by atoms with E-state index in [2.05, 4.69) is 35.6 Å². The van der Waals surface area contributed by atoms with Gasteiger partial charge in [-0.1, -0.05) is 12.1 Å². The maximum absolute atomic E-state index is 12.1. The molecule has 0 spiro atoms. The van der Waals surface area contributed by atoms with Crippen molar-refractivity contribution in [2.75, 3.05) is 26.2 Å². The Bertz CT molecular complexity index is 665. The largest absolute Gasteiger partial charge is 0.368 e. The Morgan fingerprint density at radius 3 is 2.43 bits per heavy atom. The minimum Gasteiger partial charge on any atom is -0.368 e. The molecule has 1 aromatic heterocycles. The van der Waals surface area contributed by atoms with Crippen molar-refractivity contribution in [2.45, 2.75) is 32.4 Å². The van der Waals surface area contributed by atoms with E-state index < -0.39 is 6.04 Å². The van der Waals surface area contributed by atoms with Crippen LogP contribution < -0.4 is 5.73 Å². The maximum Gasteiger partial charge on any atom is 0.241 e. The summed E-state index contributed by atoms with van der Waals surface area (Å²) in [5, 5.41) is 0.808. The van der Waals surface area contributed by atoms with Crippen molar-refractivity contribution in [2.24, 2.45) is 5.73 Å². The van der Waals surface area contributed by atoms with Crippen LogP contribution in [0.4, 0.5) is 0 Å². The zero-order valence-corrected chi connectivity index (χ0v) is 14.8. The molecule has 2 heterocycles. The Hall–Kier alpha value is -1.50. The fourth-order valence-corrected chi connectivity index (χ4v) is 4.23. The lowest BCUT2D eigenvalue weighted by Gasteiger charge is -2.43. The third-order valence-corrected chi connectivity index (χ3v) is 5.53. The summed E-state index contributed by atoms with van der Waals surface area (Å²) in [5.74, 6) is -0.312. The number of piperazine rings is 1. The number of hydrogen-bond acceptors (Lipinski definition) is 5. The van der Waals surface area contributed by atoms with Crippen LogP contribution in [-0.2, 0) is 4.79 Å². The lowest BCUT2D eigenvalue weighted by molar-refractivity contribution is -0.124. The Kier molecular flexibility index (Phi) is 4.40. The number of carbonyl (C=O) groups is 1. The van der Waals surface area contributed by atoms with E-state index in [1.165, 1.54) is 0 Å². The average molecular weight is 332 g/mol. The molecule has 2 N–H and O–H groups in total. The summed E-state index contributed by atoms with van der Waals surface area (Å²) in [6, 6.07) is 7.55. The number of carbonyl (C=O) groups excluding carboxylic acids is 1. The Morgan fingerprint density at radius 2 is 1.87 bits per heavy atom. The topological polar surface area (TPSA) is 62.5 Å². The van der Waals surface area contributed by atoms with Crippen LogP contribution in [0, 0.1) is 0 Å². The summed E-state index contributed by atoms with van der Waals surface area (Å²) in [6.45, 7) is 10.2. The number of para-hydroxylation sites is 1. The number of rotatable bonds is 3. The molecule has 6 heteroatoms. The molecular formula is C17H24N4OS. The standard InChI is InChI=1S/C17H24N4OS/c1-17(2,3)21-10-8-20(9-11-21)14(15(18)22)16-19-12-6-4-5-7-13(12)23-16/h4-7,14H,8-11H2,1-3H3,(H2,18,22). The highest BCUT2D eigenvalue weighted by atomic mass is 32.1. The highest BCUT2D eigenvalue weighted by Crippen LogP contribution is 2.30. The minimum atomic E-state index is -0.422. The summed E-state index contributed by atoms with van der Waals surface area (Å²) < 4.78 is 1.10. The molecule has 1 saturated heterocycles. The predicted molar refractivity (Wildman–Crippen MR) is 94.5 cm³/mol. The van der Waals surface area contributed by atoms with Gasteiger partial charge >= 0.3 is 0 Å². The first kappa shape index (κ1) is 16.4. The van der Waals surface area contributed by atoms with E-state index in [4.69, 9.17) is 5.73 Å². The van der Waals surface area contributed by atoms with Gasteiger partial charge < -0.3 is 5.73 Å². The number of nitrogens with zero attached hydrogens (tertiary/aromatic N) is 3. The van der Waals surface area contributed by atoms with Crippen LogP contribution in [0.3, 0.4) is 0 Å². The van der Waals surface area contributed by atoms with Gasteiger partial charge in [0.1, 0.15) is 11.0 Å². The van der Waals surface area contributed by atoms with Gasteiger partial charge in [0.2, 0.25) is 5.91 Å². The van der Waals surface area contributed by atoms with Crippen LogP contribution in [0.2, 0.25) is 0 Å². The van der Waals surface area contributed by atoms with Gasteiger partial charge in [-0.2, -0.15) is 0 Å². The molecule has 0 aliphatic carbocycles. The van der Waals surface area contributed by atoms with E-state index in [0.717, 1.165) is 41.4 Å². The van der Waals surface area contributed by atoms with Gasteiger partial charge in [-0.25, -0.2) is 4.98 Å². The van der Waals surface area contributed by atoms with E-state index in [9.17, 15) is 4.79 Å². The number of fused-ring (bicyclic) bond motifs is 1. The highest BCUT2D eigenvalue weighted by Gasteiger charge is 2.33. The number of thiazole rings is 1. The summed E-state index contributed by atoms with van der Waals surface area (Å²) in [6.07, 6.45) is 0. The lowest BCUT2D eigenvalue weighted by atomic mass is 10.0. The summed E-state index contributed by atoms with van der Waals surface area (Å²) in [4.78, 5) is 21.3. The van der Waals surface area contributed by atoms with Crippen molar-refractivity contribution in [3.8, 4) is 0 Å². The quantitative estimate of drug-likeness (QED) is 0.936. The second-order valence-corrected chi connectivity index (χ2v) is 8.08. The molecule has 1 aromatic carbocycles. The molecular weight excluding hydrogens is 308 g/mol. The van der Waals surface area contributed by atoms with Gasteiger partial charge in [0.15, 0.2) is 0 Å². The van der Waals surface area contributed by atoms with E-state index in [1.54, 1.807) is 11.3 Å². The molecule has 1 atom stereocenters. The third-order valence-electron chi connectivity index (χ3n) is 4.44. The SMILES string of the molecule is CC(C)(C)N1CCN(C(C(N)=O)c2nc3ccccc3s2)CC1. The molecule has 1 aliphatic heterocycles. The molecule has 2 aromatic rings. The minimum absolute atomic E-state index is 0.157. The van der Waals surface area contributed by atoms with Crippen LogP contribution in [0.1, 0.15) is 31.8 Å². The van der Waals surface area contributed by atoms with Gasteiger partial charge in [-0.15, -0.1) is 11.3 Å². The van der Waals surface area contributed by atoms with Crippen LogP contribution in [0.25, 0.3) is 10.2 Å². The van der Waals surface area contributed by atoms with Gasteiger partial charge in [-0.3, -0.25) is 14.6 Å². The molecule has 3 rings (SSSR count). The number of amides is 1. The van der Waals surface area contributed by atoms with Crippen LogP contribution in [-0.4, -0.2) is 52.4 Å². The van der Waals surface area contributed by atoms with Gasteiger partial charge in [-0.05, 0) is 32.9 Å². The summed E-state index contributed by atoms with van der Waals surface area (Å²) in [7, 11) is 0. The van der Waals surface area contributed by atoms with Crippen LogP contribution in [0.15, 0.2) is 24.3 Å². The number of hydrogen-bond donors (Lipinski definition) is 1. The fourth-order valence-electron chi connectivity index (χ4n) is 3.12. The highest BCUT2D eigenvalue weighted by molar-refractivity contribution is 7.18.